The van der Waals surface area contributed by atoms with E-state index in [0.717, 1.165) is 55.6 Å². The second-order valence-corrected chi connectivity index (χ2v) is 9.18. The number of rotatable bonds is 3. The average Bonchev–Trinajstić information content (AvgIpc) is 2.84. The van der Waals surface area contributed by atoms with Crippen molar-refractivity contribution in [2.24, 2.45) is 5.92 Å². The van der Waals surface area contributed by atoms with Gasteiger partial charge in [0, 0.05) is 63.0 Å². The highest BCUT2D eigenvalue weighted by atomic mass is 16.4. The Morgan fingerprint density at radius 1 is 1.00 bits per heavy atom. The molecule has 0 unspecified atom stereocenters. The number of aromatic nitrogens is 2. The van der Waals surface area contributed by atoms with Crippen LogP contribution in [0.3, 0.4) is 0 Å². The minimum atomic E-state index is -0.833. The summed E-state index contributed by atoms with van der Waals surface area (Å²) in [7, 11) is 1.80. The molecule has 1 fully saturated rings. The van der Waals surface area contributed by atoms with Crippen LogP contribution in [0.1, 0.15) is 43.6 Å². The van der Waals surface area contributed by atoms with Crippen molar-refractivity contribution in [2.45, 2.75) is 38.8 Å². The number of benzene rings is 1. The van der Waals surface area contributed by atoms with Crippen molar-refractivity contribution < 1.29 is 24.6 Å². The number of fused-ring (bicyclic) bond motifs is 5. The highest BCUT2D eigenvalue weighted by Crippen LogP contribution is 2.39. The zero-order valence-corrected chi connectivity index (χ0v) is 21.1. The monoisotopic (exact) mass is 508 g/mol. The maximum Gasteiger partial charge on any atom is 0.300 e. The summed E-state index contributed by atoms with van der Waals surface area (Å²) in [6, 6.07) is 16.8. The van der Waals surface area contributed by atoms with Gasteiger partial charge in [-0.15, -0.1) is 0 Å². The molecule has 3 atom stereocenters. The van der Waals surface area contributed by atoms with Gasteiger partial charge in [0.05, 0.1) is 17.8 Å². The average molecular weight is 509 g/mol. The van der Waals surface area contributed by atoms with Crippen molar-refractivity contribution in [3.63, 3.8) is 0 Å². The van der Waals surface area contributed by atoms with Crippen LogP contribution in [-0.2, 0) is 20.9 Å². The molecule has 2 aliphatic heterocycles. The number of hydrogen-bond acceptors (Lipinski definition) is 6. The number of pyridine rings is 2. The molecule has 37 heavy (non-hydrogen) atoms. The van der Waals surface area contributed by atoms with E-state index < -0.39 is 18.0 Å². The number of likely N-dealkylation sites (N-methyl/N-ethyl adjacent to an activating group) is 1. The molecule has 2 bridgehead atoms. The van der Waals surface area contributed by atoms with Gasteiger partial charge in [0.15, 0.2) is 0 Å². The van der Waals surface area contributed by atoms with Gasteiger partial charge in [-0.3, -0.25) is 28.7 Å². The third-order valence-corrected chi connectivity index (χ3v) is 6.23. The van der Waals surface area contributed by atoms with Gasteiger partial charge in [0.2, 0.25) is 5.91 Å². The molecule has 0 spiro atoms. The molecule has 10 heteroatoms. The maximum absolute atomic E-state index is 13.5. The summed E-state index contributed by atoms with van der Waals surface area (Å²) in [6.07, 6.45) is 0.939. The maximum atomic E-state index is 13.5. The summed E-state index contributed by atoms with van der Waals surface area (Å²) in [5, 5.41) is 19.4. The van der Waals surface area contributed by atoms with Gasteiger partial charge in [-0.05, 0) is 24.6 Å². The molecule has 0 radical (unpaired) electrons. The fourth-order valence-corrected chi connectivity index (χ4v) is 4.85. The first-order valence-corrected chi connectivity index (χ1v) is 12.0. The molecule has 2 aromatic heterocycles. The lowest BCUT2D eigenvalue weighted by molar-refractivity contribution is -0.137. The van der Waals surface area contributed by atoms with Gasteiger partial charge in [0.1, 0.15) is 6.04 Å². The van der Waals surface area contributed by atoms with Crippen LogP contribution < -0.4 is 10.9 Å². The van der Waals surface area contributed by atoms with Gasteiger partial charge < -0.3 is 20.4 Å². The summed E-state index contributed by atoms with van der Waals surface area (Å²) in [6.45, 7) is 4.20. The van der Waals surface area contributed by atoms with E-state index in [-0.39, 0.29) is 17.4 Å². The van der Waals surface area contributed by atoms with Crippen LogP contribution in [0, 0.1) is 5.92 Å². The molecule has 196 valence electrons. The topological polar surface area (TPSA) is 142 Å². The fourth-order valence-electron chi connectivity index (χ4n) is 4.85. The molecule has 1 amide bonds. The van der Waals surface area contributed by atoms with Crippen LogP contribution in [0.25, 0.3) is 10.9 Å². The van der Waals surface area contributed by atoms with Crippen LogP contribution in [-0.4, -0.2) is 62.6 Å². The third kappa shape index (κ3) is 7.01. The number of hydrogen-bond donors (Lipinski definition) is 3. The third-order valence-electron chi connectivity index (χ3n) is 6.23. The van der Waals surface area contributed by atoms with E-state index in [1.54, 1.807) is 28.6 Å². The lowest BCUT2D eigenvalue weighted by atomic mass is 9.79. The molecule has 10 nitrogen and oxygen atoms in total. The fraction of sp³-hybridized carbons (Fsp3) is 0.370. The SMILES string of the molecule is CC(=O)O.CC(=O)O.CN(Cc1ccc2ccccc2n1)C(=O)[C@H]1[C@@H]2CNC[C@@H](C2)c2cccc(=O)n21. The molecule has 1 aromatic carbocycles. The Kier molecular flexibility index (Phi) is 9.13. The van der Waals surface area contributed by atoms with Gasteiger partial charge in [0.25, 0.3) is 17.5 Å². The van der Waals surface area contributed by atoms with Crippen LogP contribution in [0.4, 0.5) is 0 Å². The number of carboxylic acid groups (broad SMARTS) is 2. The normalized spacial score (nSPS) is 19.3. The predicted molar refractivity (Wildman–Crippen MR) is 138 cm³/mol. The summed E-state index contributed by atoms with van der Waals surface area (Å²) in [5.41, 5.74) is 2.64. The van der Waals surface area contributed by atoms with Gasteiger partial charge in [-0.25, -0.2) is 0 Å². The van der Waals surface area contributed by atoms with Gasteiger partial charge in [-0.1, -0.05) is 30.3 Å². The van der Waals surface area contributed by atoms with Crippen LogP contribution in [0.2, 0.25) is 0 Å². The number of carbonyl (C=O) groups is 3. The number of piperidine rings is 1. The summed E-state index contributed by atoms with van der Waals surface area (Å²) in [5.74, 6) is -1.28. The highest BCUT2D eigenvalue weighted by molar-refractivity contribution is 5.81. The Labute approximate surface area is 214 Å². The number of aliphatic carboxylic acids is 2. The molecule has 0 aliphatic carbocycles. The molecule has 1 saturated heterocycles. The number of carboxylic acids is 2. The van der Waals surface area contributed by atoms with E-state index in [9.17, 15) is 9.59 Å². The minimum Gasteiger partial charge on any atom is -0.481 e. The standard InChI is InChI=1S/C23H24N4O2.2C2H4O2/c1-26(14-18-10-9-15-5-2-3-6-19(15)25-18)23(29)22-17-11-16(12-24-13-17)20-7-4-8-21(28)27(20)22;2*1-2(3)4/h2-10,16-17,22,24H,11-14H2,1H3;2*1H3,(H,3,4)/t16-,17+,22-;;/m1../s1. The van der Waals surface area contributed by atoms with Crippen molar-refractivity contribution in [2.75, 3.05) is 20.1 Å². The Bertz CT molecular complexity index is 1320. The van der Waals surface area contributed by atoms with E-state index in [4.69, 9.17) is 24.8 Å². The summed E-state index contributed by atoms with van der Waals surface area (Å²) < 4.78 is 1.74. The predicted octanol–water partition coefficient (Wildman–Crippen LogP) is 2.48. The Morgan fingerprint density at radius 3 is 2.38 bits per heavy atom. The molecular formula is C27H32N4O6. The van der Waals surface area contributed by atoms with E-state index in [1.165, 1.54) is 0 Å². The van der Waals surface area contributed by atoms with Crippen molar-refractivity contribution in [1.29, 1.82) is 0 Å². The Morgan fingerprint density at radius 2 is 1.68 bits per heavy atom. The van der Waals surface area contributed by atoms with E-state index in [2.05, 4.69) is 5.32 Å². The van der Waals surface area contributed by atoms with Crippen molar-refractivity contribution in [3.05, 3.63) is 76.3 Å². The quantitative estimate of drug-likeness (QED) is 0.490. The molecule has 3 aromatic rings. The molecule has 5 rings (SSSR count). The number of carbonyl (C=O) groups excluding carboxylic acids is 1. The number of amides is 1. The van der Waals surface area contributed by atoms with Crippen LogP contribution in [0.15, 0.2) is 59.4 Å². The number of para-hydroxylation sites is 1. The van der Waals surface area contributed by atoms with Crippen molar-refractivity contribution in [1.82, 2.24) is 19.8 Å². The molecule has 3 N–H and O–H groups in total. The lowest BCUT2D eigenvalue weighted by Gasteiger charge is -2.43. The summed E-state index contributed by atoms with van der Waals surface area (Å²) >= 11 is 0. The smallest absolute Gasteiger partial charge is 0.300 e. The molecule has 4 heterocycles. The summed E-state index contributed by atoms with van der Waals surface area (Å²) in [4.78, 5) is 50.6. The molecular weight excluding hydrogens is 476 g/mol. The lowest BCUT2D eigenvalue weighted by Crippen LogP contribution is -2.52. The largest absolute Gasteiger partial charge is 0.481 e. The van der Waals surface area contributed by atoms with E-state index >= 15 is 0 Å². The van der Waals surface area contributed by atoms with E-state index in [0.29, 0.717) is 12.5 Å². The first-order valence-electron chi connectivity index (χ1n) is 12.0. The first kappa shape index (κ1) is 27.5. The number of nitrogens with one attached hydrogen (secondary N) is 1. The Balaban J connectivity index is 0.000000420. The molecule has 0 saturated carbocycles. The zero-order chi connectivity index (χ0) is 27.1. The first-order chi connectivity index (χ1) is 17.6. The van der Waals surface area contributed by atoms with Crippen LogP contribution in [0.5, 0.6) is 0 Å². The van der Waals surface area contributed by atoms with Crippen molar-refractivity contribution in [3.8, 4) is 0 Å². The van der Waals surface area contributed by atoms with Crippen LogP contribution >= 0.6 is 0 Å². The Hall–Kier alpha value is -4.05. The van der Waals surface area contributed by atoms with E-state index in [1.807, 2.05) is 42.5 Å². The second-order valence-electron chi connectivity index (χ2n) is 9.18. The van der Waals surface area contributed by atoms with Crippen molar-refractivity contribution >= 4 is 28.7 Å². The zero-order valence-electron chi connectivity index (χ0n) is 21.1. The minimum absolute atomic E-state index is 0.0262. The number of nitrogens with zero attached hydrogens (tertiary/aromatic N) is 3. The second kappa shape index (κ2) is 12.3. The van der Waals surface area contributed by atoms with Gasteiger partial charge >= 0.3 is 0 Å². The molecule has 2 aliphatic rings. The highest BCUT2D eigenvalue weighted by Gasteiger charge is 2.42. The van der Waals surface area contributed by atoms with Gasteiger partial charge in [-0.2, -0.15) is 0 Å².